The quantitative estimate of drug-likeness (QED) is 0.804. The van der Waals surface area contributed by atoms with Crippen LogP contribution in [0, 0.1) is 5.92 Å². The van der Waals surface area contributed by atoms with Gasteiger partial charge in [-0.05, 0) is 5.92 Å². The van der Waals surface area contributed by atoms with Gasteiger partial charge in [-0.2, -0.15) is 0 Å². The molecular weight excluding hydrogens is 250 g/mol. The third kappa shape index (κ3) is 3.81. The molecule has 0 aliphatic carbocycles. The van der Waals surface area contributed by atoms with Crippen molar-refractivity contribution >= 4 is 9.84 Å². The van der Waals surface area contributed by atoms with Gasteiger partial charge in [-0.25, -0.2) is 13.4 Å². The summed E-state index contributed by atoms with van der Waals surface area (Å²) in [5.74, 6) is 0.967. The maximum absolute atomic E-state index is 11.5. The summed E-state index contributed by atoms with van der Waals surface area (Å²) in [6.45, 7) is 6.88. The first-order valence-corrected chi connectivity index (χ1v) is 8.14. The van der Waals surface area contributed by atoms with Gasteiger partial charge in [-0.3, -0.25) is 0 Å². The van der Waals surface area contributed by atoms with E-state index in [1.54, 1.807) is 19.4 Å². The fourth-order valence-electron chi connectivity index (χ4n) is 1.94. The molecule has 0 bridgehead atoms. The first kappa shape index (κ1) is 15.2. The summed E-state index contributed by atoms with van der Waals surface area (Å²) in [4.78, 5) is 4.11. The molecule has 1 aromatic rings. The summed E-state index contributed by atoms with van der Waals surface area (Å²) in [5.41, 5.74) is 6.81. The molecule has 0 aliphatic heterocycles. The number of aryl methyl sites for hydroxylation is 1. The normalized spacial score (nSPS) is 14.1. The van der Waals surface area contributed by atoms with Crippen molar-refractivity contribution in [2.45, 2.75) is 33.2 Å². The van der Waals surface area contributed by atoms with E-state index in [0.29, 0.717) is 19.0 Å². The van der Waals surface area contributed by atoms with Crippen molar-refractivity contribution in [1.82, 2.24) is 9.55 Å². The third-order valence-electron chi connectivity index (χ3n) is 3.27. The first-order chi connectivity index (χ1) is 8.41. The molecule has 1 heterocycles. The number of aromatic nitrogens is 2. The van der Waals surface area contributed by atoms with Crippen LogP contribution in [0.3, 0.4) is 0 Å². The minimum absolute atomic E-state index is 0.155. The van der Waals surface area contributed by atoms with E-state index in [-0.39, 0.29) is 17.4 Å². The molecule has 2 N–H and O–H groups in total. The van der Waals surface area contributed by atoms with E-state index in [2.05, 4.69) is 18.8 Å². The Morgan fingerprint density at radius 1 is 1.44 bits per heavy atom. The zero-order valence-electron chi connectivity index (χ0n) is 11.3. The molecular formula is C12H23N3O2S. The largest absolute Gasteiger partial charge is 0.333 e. The average molecular weight is 273 g/mol. The number of imidazole rings is 1. The van der Waals surface area contributed by atoms with E-state index in [1.165, 1.54) is 0 Å². The molecule has 1 atom stereocenters. The van der Waals surface area contributed by atoms with Crippen molar-refractivity contribution in [2.24, 2.45) is 11.7 Å². The molecule has 5 nitrogen and oxygen atoms in total. The van der Waals surface area contributed by atoms with E-state index < -0.39 is 9.84 Å². The minimum Gasteiger partial charge on any atom is -0.333 e. The Labute approximate surface area is 109 Å². The molecule has 0 aromatic carbocycles. The van der Waals surface area contributed by atoms with Crippen molar-refractivity contribution in [1.29, 1.82) is 0 Å². The molecule has 0 amide bonds. The third-order valence-corrected chi connectivity index (χ3v) is 4.95. The Morgan fingerprint density at radius 2 is 2.11 bits per heavy atom. The Kier molecular flexibility index (Phi) is 5.34. The topological polar surface area (TPSA) is 78.0 Å². The van der Waals surface area contributed by atoms with Crippen LogP contribution in [0.15, 0.2) is 12.5 Å². The standard InChI is InChI=1S/C12H23N3O2S/c1-4-18(16,17)6-5-15-9-14-8-12(15)11(7-13)10(2)3/h8-11H,4-7,13H2,1-3H3. The van der Waals surface area contributed by atoms with Crippen LogP contribution < -0.4 is 5.73 Å². The lowest BCUT2D eigenvalue weighted by Crippen LogP contribution is -2.22. The van der Waals surface area contributed by atoms with Gasteiger partial charge in [0.25, 0.3) is 0 Å². The fourth-order valence-corrected chi connectivity index (χ4v) is 2.71. The molecule has 18 heavy (non-hydrogen) atoms. The number of hydrogen-bond donors (Lipinski definition) is 1. The van der Waals surface area contributed by atoms with E-state index >= 15 is 0 Å². The molecule has 6 heteroatoms. The summed E-state index contributed by atoms with van der Waals surface area (Å²) in [5, 5.41) is 0. The summed E-state index contributed by atoms with van der Waals surface area (Å²) >= 11 is 0. The second-order valence-corrected chi connectivity index (χ2v) is 7.31. The predicted octanol–water partition coefficient (Wildman–Crippen LogP) is 1.02. The van der Waals surface area contributed by atoms with Crippen LogP contribution in [0.1, 0.15) is 32.4 Å². The lowest BCUT2D eigenvalue weighted by molar-refractivity contribution is 0.475. The highest BCUT2D eigenvalue weighted by molar-refractivity contribution is 7.91. The van der Waals surface area contributed by atoms with Crippen LogP contribution in [0.5, 0.6) is 0 Å². The van der Waals surface area contributed by atoms with Gasteiger partial charge >= 0.3 is 0 Å². The predicted molar refractivity (Wildman–Crippen MR) is 73.2 cm³/mol. The van der Waals surface area contributed by atoms with Crippen LogP contribution in [0.4, 0.5) is 0 Å². The highest BCUT2D eigenvalue weighted by Gasteiger charge is 2.19. The lowest BCUT2D eigenvalue weighted by atomic mass is 9.93. The zero-order valence-corrected chi connectivity index (χ0v) is 12.2. The van der Waals surface area contributed by atoms with Gasteiger partial charge in [0.05, 0.1) is 12.1 Å². The van der Waals surface area contributed by atoms with Gasteiger partial charge < -0.3 is 10.3 Å². The van der Waals surface area contributed by atoms with Gasteiger partial charge in [0.1, 0.15) is 0 Å². The number of hydrogen-bond acceptors (Lipinski definition) is 4. The van der Waals surface area contributed by atoms with Crippen molar-refractivity contribution in [3.05, 3.63) is 18.2 Å². The Bertz CT molecular complexity index is 465. The molecule has 0 saturated heterocycles. The van der Waals surface area contributed by atoms with Crippen LogP contribution in [-0.4, -0.2) is 36.0 Å². The van der Waals surface area contributed by atoms with E-state index in [0.717, 1.165) is 5.69 Å². The molecule has 0 fully saturated rings. The van der Waals surface area contributed by atoms with Gasteiger partial charge in [0.2, 0.25) is 0 Å². The number of nitrogens with zero attached hydrogens (tertiary/aromatic N) is 2. The van der Waals surface area contributed by atoms with Gasteiger partial charge in [0, 0.05) is 36.7 Å². The smallest absolute Gasteiger partial charge is 0.151 e. The van der Waals surface area contributed by atoms with Crippen molar-refractivity contribution in [3.63, 3.8) is 0 Å². The van der Waals surface area contributed by atoms with Crippen LogP contribution in [0.25, 0.3) is 0 Å². The van der Waals surface area contributed by atoms with Crippen molar-refractivity contribution in [3.8, 4) is 0 Å². The van der Waals surface area contributed by atoms with Crippen LogP contribution >= 0.6 is 0 Å². The Hall–Kier alpha value is -0.880. The summed E-state index contributed by atoms with van der Waals surface area (Å²) in [7, 11) is -2.94. The lowest BCUT2D eigenvalue weighted by Gasteiger charge is -2.20. The van der Waals surface area contributed by atoms with E-state index in [1.807, 2.05) is 4.57 Å². The molecule has 1 rings (SSSR count). The molecule has 0 saturated carbocycles. The van der Waals surface area contributed by atoms with Crippen molar-refractivity contribution in [2.75, 3.05) is 18.1 Å². The maximum atomic E-state index is 11.5. The second kappa shape index (κ2) is 6.33. The van der Waals surface area contributed by atoms with Gasteiger partial charge in [-0.1, -0.05) is 20.8 Å². The van der Waals surface area contributed by atoms with Crippen molar-refractivity contribution < 1.29 is 8.42 Å². The Balaban J connectivity index is 2.83. The monoisotopic (exact) mass is 273 g/mol. The van der Waals surface area contributed by atoms with Crippen LogP contribution in [0.2, 0.25) is 0 Å². The molecule has 0 spiro atoms. The fraction of sp³-hybridized carbons (Fsp3) is 0.750. The van der Waals surface area contributed by atoms with Gasteiger partial charge in [0.15, 0.2) is 9.84 Å². The van der Waals surface area contributed by atoms with E-state index in [9.17, 15) is 8.42 Å². The molecule has 1 unspecified atom stereocenters. The number of rotatable bonds is 7. The number of sulfone groups is 1. The highest BCUT2D eigenvalue weighted by Crippen LogP contribution is 2.22. The van der Waals surface area contributed by atoms with Gasteiger partial charge in [-0.15, -0.1) is 0 Å². The molecule has 0 aliphatic rings. The summed E-state index contributed by atoms with van der Waals surface area (Å²) < 4.78 is 24.9. The minimum atomic E-state index is -2.94. The van der Waals surface area contributed by atoms with E-state index in [4.69, 9.17) is 5.73 Å². The zero-order chi connectivity index (χ0) is 13.8. The highest BCUT2D eigenvalue weighted by atomic mass is 32.2. The van der Waals surface area contributed by atoms with Crippen LogP contribution in [-0.2, 0) is 16.4 Å². The molecule has 1 aromatic heterocycles. The molecule has 0 radical (unpaired) electrons. The summed E-state index contributed by atoms with van der Waals surface area (Å²) in [6, 6.07) is 0. The Morgan fingerprint density at radius 3 is 2.61 bits per heavy atom. The molecule has 104 valence electrons. The second-order valence-electron chi connectivity index (χ2n) is 4.83. The SMILES string of the molecule is CCS(=O)(=O)CCn1cncc1C(CN)C(C)C. The number of nitrogens with two attached hydrogens (primary N) is 1. The first-order valence-electron chi connectivity index (χ1n) is 6.31. The average Bonchev–Trinajstić information content (AvgIpc) is 2.75. The summed E-state index contributed by atoms with van der Waals surface area (Å²) in [6.07, 6.45) is 3.47. The maximum Gasteiger partial charge on any atom is 0.151 e.